The van der Waals surface area contributed by atoms with Crippen LogP contribution in [0.1, 0.15) is 31.7 Å². The van der Waals surface area contributed by atoms with Gasteiger partial charge in [-0.05, 0) is 43.4 Å². The number of aromatic nitrogens is 1. The van der Waals surface area contributed by atoms with Crippen molar-refractivity contribution in [1.82, 2.24) is 20.9 Å². The van der Waals surface area contributed by atoms with Gasteiger partial charge in [0.15, 0.2) is 0 Å². The number of nitrogens with two attached hydrogens (primary N) is 2. The van der Waals surface area contributed by atoms with Crippen molar-refractivity contribution in [2.45, 2.75) is 56.8 Å². The topological polar surface area (TPSA) is 210 Å². The summed E-state index contributed by atoms with van der Waals surface area (Å²) in [5.41, 5.74) is 12.4. The number of para-hydroxylation sites is 1. The second kappa shape index (κ2) is 14.2. The maximum atomic E-state index is 13.3. The van der Waals surface area contributed by atoms with Crippen LogP contribution in [0.25, 0.3) is 10.9 Å². The summed E-state index contributed by atoms with van der Waals surface area (Å²) < 4.78 is 0. The minimum Gasteiger partial charge on any atom is -0.480 e. The Bertz CT molecular complexity index is 1120. The average Bonchev–Trinajstić information content (AvgIpc) is 3.25. The Hall–Kier alpha value is -3.58. The van der Waals surface area contributed by atoms with Crippen LogP contribution in [-0.2, 0) is 30.4 Å². The number of hydrogen-bond acceptors (Lipinski definition) is 7. The van der Waals surface area contributed by atoms with Crippen LogP contribution in [0.3, 0.4) is 0 Å². The van der Waals surface area contributed by atoms with E-state index in [1.165, 1.54) is 18.7 Å². The zero-order valence-electron chi connectivity index (χ0n) is 20.8. The number of fused-ring (bicyclic) bond motifs is 1. The van der Waals surface area contributed by atoms with Crippen molar-refractivity contribution in [2.75, 3.05) is 12.0 Å². The number of carbonyl (C=O) groups is 5. The molecule has 2 rings (SSSR count). The monoisotopic (exact) mass is 534 g/mol. The van der Waals surface area contributed by atoms with Crippen molar-refractivity contribution in [3.63, 3.8) is 0 Å². The molecule has 0 bridgehead atoms. The molecule has 37 heavy (non-hydrogen) atoms. The number of H-pyrrole nitrogens is 1. The number of nitrogens with one attached hydrogen (secondary N) is 4. The molecule has 0 aliphatic rings. The minimum absolute atomic E-state index is 0.0419. The van der Waals surface area contributed by atoms with Crippen LogP contribution in [0.5, 0.6) is 0 Å². The van der Waals surface area contributed by atoms with E-state index in [9.17, 15) is 29.1 Å². The van der Waals surface area contributed by atoms with E-state index in [1.54, 1.807) is 6.20 Å². The fourth-order valence-electron chi connectivity index (χ4n) is 3.63. The molecule has 202 valence electrons. The van der Waals surface area contributed by atoms with E-state index in [4.69, 9.17) is 11.5 Å². The van der Waals surface area contributed by atoms with E-state index in [2.05, 4.69) is 20.9 Å². The smallest absolute Gasteiger partial charge is 0.326 e. The molecular formula is C24H34N6O6S. The number of carboxylic acids is 1. The number of aliphatic carboxylic acids is 1. The first-order valence-electron chi connectivity index (χ1n) is 11.7. The van der Waals surface area contributed by atoms with Crippen molar-refractivity contribution in [3.05, 3.63) is 36.0 Å². The Morgan fingerprint density at radius 2 is 1.59 bits per heavy atom. The molecule has 1 aromatic carbocycles. The molecule has 12 nitrogen and oxygen atoms in total. The molecule has 0 fully saturated rings. The second-order valence-corrected chi connectivity index (χ2v) is 9.65. The van der Waals surface area contributed by atoms with Crippen molar-refractivity contribution in [2.24, 2.45) is 11.5 Å². The van der Waals surface area contributed by atoms with E-state index in [1.807, 2.05) is 30.5 Å². The maximum absolute atomic E-state index is 13.3. The van der Waals surface area contributed by atoms with Crippen molar-refractivity contribution >= 4 is 52.3 Å². The SMILES string of the molecule is CSCCC(NC(=O)C(Cc1c[nH]c2ccccc12)NC(=O)C(CCC(N)=O)NC(=O)C(C)N)C(=O)O. The zero-order valence-corrected chi connectivity index (χ0v) is 21.6. The molecule has 9 N–H and O–H groups in total. The summed E-state index contributed by atoms with van der Waals surface area (Å²) in [5, 5.41) is 18.0. The third-order valence-corrected chi connectivity index (χ3v) is 6.33. The highest BCUT2D eigenvalue weighted by Crippen LogP contribution is 2.19. The summed E-state index contributed by atoms with van der Waals surface area (Å²) >= 11 is 1.44. The van der Waals surface area contributed by atoms with E-state index >= 15 is 0 Å². The minimum atomic E-state index is -1.19. The second-order valence-electron chi connectivity index (χ2n) is 8.66. The van der Waals surface area contributed by atoms with Gasteiger partial charge in [0.2, 0.25) is 23.6 Å². The summed E-state index contributed by atoms with van der Waals surface area (Å²) in [6.07, 6.45) is 3.48. The van der Waals surface area contributed by atoms with Crippen LogP contribution in [0, 0.1) is 0 Å². The van der Waals surface area contributed by atoms with Gasteiger partial charge in [-0.25, -0.2) is 4.79 Å². The number of carboxylic acid groups (broad SMARTS) is 1. The van der Waals surface area contributed by atoms with Crippen LogP contribution in [-0.4, -0.2) is 75.9 Å². The molecule has 4 amide bonds. The molecule has 0 aliphatic carbocycles. The van der Waals surface area contributed by atoms with Crippen molar-refractivity contribution < 1.29 is 29.1 Å². The van der Waals surface area contributed by atoms with Crippen molar-refractivity contribution in [1.29, 1.82) is 0 Å². The van der Waals surface area contributed by atoms with E-state index in [0.29, 0.717) is 5.75 Å². The molecule has 2 aromatic rings. The summed E-state index contributed by atoms with van der Waals surface area (Å²) in [4.78, 5) is 64.7. The highest BCUT2D eigenvalue weighted by atomic mass is 32.2. The molecule has 0 saturated heterocycles. The number of amides is 4. The lowest BCUT2D eigenvalue weighted by atomic mass is 10.0. The van der Waals surface area contributed by atoms with Gasteiger partial charge in [0, 0.05) is 29.9 Å². The lowest BCUT2D eigenvalue weighted by Gasteiger charge is -2.25. The van der Waals surface area contributed by atoms with Gasteiger partial charge >= 0.3 is 5.97 Å². The Balaban J connectivity index is 2.32. The Morgan fingerprint density at radius 1 is 0.973 bits per heavy atom. The molecular weight excluding hydrogens is 500 g/mol. The Labute approximate surface area is 218 Å². The number of hydrogen-bond donors (Lipinski definition) is 7. The first kappa shape index (κ1) is 29.6. The fraction of sp³-hybridized carbons (Fsp3) is 0.458. The first-order valence-corrected chi connectivity index (χ1v) is 13.1. The third-order valence-electron chi connectivity index (χ3n) is 5.68. The number of primary amides is 1. The van der Waals surface area contributed by atoms with E-state index in [-0.39, 0.29) is 25.7 Å². The Kier molecular flexibility index (Phi) is 11.4. The molecule has 0 spiro atoms. The van der Waals surface area contributed by atoms with Gasteiger partial charge in [-0.15, -0.1) is 0 Å². The number of rotatable bonds is 15. The van der Waals surface area contributed by atoms with Gasteiger partial charge < -0.3 is 37.5 Å². The van der Waals surface area contributed by atoms with E-state index in [0.717, 1.165) is 16.5 Å². The van der Waals surface area contributed by atoms with Gasteiger partial charge in [0.1, 0.15) is 18.1 Å². The van der Waals surface area contributed by atoms with Crippen LogP contribution in [0.15, 0.2) is 30.5 Å². The van der Waals surface area contributed by atoms with Gasteiger partial charge in [0.05, 0.1) is 6.04 Å². The van der Waals surface area contributed by atoms with Gasteiger partial charge in [-0.2, -0.15) is 11.8 Å². The predicted molar refractivity (Wildman–Crippen MR) is 141 cm³/mol. The van der Waals surface area contributed by atoms with Gasteiger partial charge in [-0.1, -0.05) is 18.2 Å². The highest BCUT2D eigenvalue weighted by molar-refractivity contribution is 7.98. The summed E-state index contributed by atoms with van der Waals surface area (Å²) in [6.45, 7) is 1.44. The van der Waals surface area contributed by atoms with Gasteiger partial charge in [0.25, 0.3) is 0 Å². The molecule has 4 unspecified atom stereocenters. The predicted octanol–water partition coefficient (Wildman–Crippen LogP) is -0.385. The van der Waals surface area contributed by atoms with Crippen LogP contribution < -0.4 is 27.4 Å². The Morgan fingerprint density at radius 3 is 2.22 bits per heavy atom. The van der Waals surface area contributed by atoms with Crippen molar-refractivity contribution in [3.8, 4) is 0 Å². The lowest BCUT2D eigenvalue weighted by Crippen LogP contribution is -2.57. The van der Waals surface area contributed by atoms with Gasteiger partial charge in [-0.3, -0.25) is 19.2 Å². The number of carbonyl (C=O) groups excluding carboxylic acids is 4. The molecule has 4 atom stereocenters. The number of benzene rings is 1. The van der Waals surface area contributed by atoms with Crippen LogP contribution >= 0.6 is 11.8 Å². The molecule has 1 heterocycles. The first-order chi connectivity index (χ1) is 17.5. The summed E-state index contributed by atoms with van der Waals surface area (Å²) in [6, 6.07) is 2.98. The summed E-state index contributed by atoms with van der Waals surface area (Å²) in [5.74, 6) is -3.40. The average molecular weight is 535 g/mol. The molecule has 13 heteroatoms. The van der Waals surface area contributed by atoms with E-state index < -0.39 is 53.8 Å². The van der Waals surface area contributed by atoms with Crippen LogP contribution in [0.4, 0.5) is 0 Å². The zero-order chi connectivity index (χ0) is 27.5. The molecule has 0 radical (unpaired) electrons. The third kappa shape index (κ3) is 9.10. The fourth-order valence-corrected chi connectivity index (χ4v) is 4.10. The molecule has 1 aromatic heterocycles. The number of thioether (sulfide) groups is 1. The lowest BCUT2D eigenvalue weighted by molar-refractivity contribution is -0.142. The number of aromatic amines is 1. The largest absolute Gasteiger partial charge is 0.480 e. The molecule has 0 saturated carbocycles. The summed E-state index contributed by atoms with van der Waals surface area (Å²) in [7, 11) is 0. The molecule has 0 aliphatic heterocycles. The normalized spacial score (nSPS) is 14.2. The quantitative estimate of drug-likeness (QED) is 0.160. The van der Waals surface area contributed by atoms with Crippen LogP contribution in [0.2, 0.25) is 0 Å². The maximum Gasteiger partial charge on any atom is 0.326 e. The highest BCUT2D eigenvalue weighted by Gasteiger charge is 2.30. The standard InChI is InChI=1S/C24H34N6O6S/c1-13(25)21(32)28-17(7-8-20(26)31)22(33)30-19(23(34)29-18(24(35)36)9-10-37-2)11-14-12-27-16-6-4-3-5-15(14)16/h3-6,12-13,17-19,27H,7-11,25H2,1-2H3,(H2,26,31)(H,28,32)(H,29,34)(H,30,33)(H,35,36).